The molecule has 0 amide bonds. The number of nitrogens with zero attached hydrogens (tertiary/aromatic N) is 3. The van der Waals surface area contributed by atoms with Crippen molar-refractivity contribution in [2.24, 2.45) is 7.05 Å². The van der Waals surface area contributed by atoms with E-state index < -0.39 is 9.84 Å². The van der Waals surface area contributed by atoms with Gasteiger partial charge in [-0.3, -0.25) is 4.79 Å². The Morgan fingerprint density at radius 2 is 1.96 bits per heavy atom. The van der Waals surface area contributed by atoms with Crippen molar-refractivity contribution in [1.29, 1.82) is 0 Å². The minimum absolute atomic E-state index is 0.100. The molecule has 3 heterocycles. The number of pyridine rings is 1. The monoisotopic (exact) mass is 357 g/mol. The average Bonchev–Trinajstić information content (AvgIpc) is 2.52. The Bertz CT molecular complexity index is 925. The van der Waals surface area contributed by atoms with Crippen molar-refractivity contribution in [1.82, 2.24) is 14.8 Å². The van der Waals surface area contributed by atoms with Crippen LogP contribution in [0.2, 0.25) is 5.15 Å². The number of fused-ring (bicyclic) bond motifs is 1. The van der Waals surface area contributed by atoms with Crippen molar-refractivity contribution in [3.05, 3.63) is 27.1 Å². The molecule has 2 aromatic heterocycles. The summed E-state index contributed by atoms with van der Waals surface area (Å²) in [5, 5.41) is 8.44. The van der Waals surface area contributed by atoms with Gasteiger partial charge >= 0.3 is 0 Å². The Balaban J connectivity index is 2.19. The van der Waals surface area contributed by atoms with Gasteiger partial charge < -0.3 is 9.30 Å². The molecule has 0 unspecified atom stereocenters. The quantitative estimate of drug-likeness (QED) is 0.804. The molecular formula is C14H16ClN3O4S. The first-order valence-electron chi connectivity index (χ1n) is 7.14. The van der Waals surface area contributed by atoms with Crippen LogP contribution < -0.4 is 10.3 Å². The first-order chi connectivity index (χ1) is 10.8. The number of aryl methyl sites for hydroxylation is 1. The lowest BCUT2D eigenvalue weighted by Crippen LogP contribution is -2.29. The van der Waals surface area contributed by atoms with Gasteiger partial charge in [0.2, 0.25) is 0 Å². The highest BCUT2D eigenvalue weighted by Crippen LogP contribution is 2.32. The van der Waals surface area contributed by atoms with Crippen LogP contribution in [0, 0.1) is 0 Å². The summed E-state index contributed by atoms with van der Waals surface area (Å²) < 4.78 is 29.8. The molecule has 0 radical (unpaired) electrons. The average molecular weight is 358 g/mol. The highest BCUT2D eigenvalue weighted by molar-refractivity contribution is 7.91. The van der Waals surface area contributed by atoms with Crippen molar-refractivity contribution in [2.45, 2.75) is 18.8 Å². The SMILES string of the molecule is COc1nnc(Cl)c2cc(C3CCS(=O)(=O)CC3)c(=O)n(C)c12. The van der Waals surface area contributed by atoms with Crippen LogP contribution in [0.5, 0.6) is 5.88 Å². The number of sulfone groups is 1. The van der Waals surface area contributed by atoms with Gasteiger partial charge in [0.05, 0.1) is 18.6 Å². The zero-order valence-corrected chi connectivity index (χ0v) is 14.3. The third-order valence-electron chi connectivity index (χ3n) is 4.28. The number of halogens is 1. The molecule has 124 valence electrons. The molecule has 23 heavy (non-hydrogen) atoms. The second-order valence-corrected chi connectivity index (χ2v) is 8.31. The fourth-order valence-electron chi connectivity index (χ4n) is 3.00. The van der Waals surface area contributed by atoms with Crippen LogP contribution >= 0.6 is 11.6 Å². The summed E-state index contributed by atoms with van der Waals surface area (Å²) in [6.45, 7) is 0. The van der Waals surface area contributed by atoms with Gasteiger partial charge in [0.15, 0.2) is 5.15 Å². The molecule has 0 N–H and O–H groups in total. The molecule has 3 rings (SSSR count). The van der Waals surface area contributed by atoms with E-state index in [2.05, 4.69) is 10.2 Å². The van der Waals surface area contributed by atoms with Crippen molar-refractivity contribution >= 4 is 32.3 Å². The lowest BCUT2D eigenvalue weighted by molar-refractivity contribution is 0.395. The van der Waals surface area contributed by atoms with Crippen LogP contribution in [0.25, 0.3) is 10.9 Å². The molecule has 1 aliphatic heterocycles. The molecule has 0 aromatic carbocycles. The number of aromatic nitrogens is 3. The minimum Gasteiger partial charge on any atom is -0.478 e. The fraction of sp³-hybridized carbons (Fsp3) is 0.500. The van der Waals surface area contributed by atoms with Gasteiger partial charge in [0.1, 0.15) is 15.4 Å². The molecule has 0 atom stereocenters. The number of ether oxygens (including phenoxy) is 1. The van der Waals surface area contributed by atoms with E-state index in [-0.39, 0.29) is 34.0 Å². The van der Waals surface area contributed by atoms with Crippen LogP contribution in [0.15, 0.2) is 10.9 Å². The fourth-order valence-corrected chi connectivity index (χ4v) is 4.67. The Morgan fingerprint density at radius 1 is 1.30 bits per heavy atom. The normalized spacial score (nSPS) is 18.2. The second-order valence-electron chi connectivity index (χ2n) is 5.65. The first kappa shape index (κ1) is 16.2. The molecule has 0 bridgehead atoms. The maximum atomic E-state index is 12.7. The zero-order valence-electron chi connectivity index (χ0n) is 12.7. The van der Waals surface area contributed by atoms with E-state index in [9.17, 15) is 13.2 Å². The molecule has 0 aliphatic carbocycles. The minimum atomic E-state index is -2.99. The van der Waals surface area contributed by atoms with E-state index in [1.165, 1.54) is 11.7 Å². The number of hydrogen-bond acceptors (Lipinski definition) is 6. The largest absolute Gasteiger partial charge is 0.478 e. The molecule has 0 spiro atoms. The topological polar surface area (TPSA) is 91.2 Å². The predicted molar refractivity (Wildman–Crippen MR) is 87.0 cm³/mol. The molecule has 2 aromatic rings. The standard InChI is InChI=1S/C14H16ClN3O4S/c1-18-11-10(12(15)16-17-13(11)22-2)7-9(14(18)19)8-3-5-23(20,21)6-4-8/h7-8H,3-6H2,1-2H3. The van der Waals surface area contributed by atoms with Crippen LogP contribution in [0.4, 0.5) is 0 Å². The smallest absolute Gasteiger partial charge is 0.258 e. The van der Waals surface area contributed by atoms with Crippen molar-refractivity contribution in [2.75, 3.05) is 18.6 Å². The van der Waals surface area contributed by atoms with Gasteiger partial charge in [0, 0.05) is 18.0 Å². The molecule has 7 nitrogen and oxygen atoms in total. The Kier molecular flexibility index (Phi) is 4.05. The Hall–Kier alpha value is -1.67. The highest BCUT2D eigenvalue weighted by atomic mass is 35.5. The third-order valence-corrected chi connectivity index (χ3v) is 6.28. The molecular weight excluding hydrogens is 342 g/mol. The maximum absolute atomic E-state index is 12.7. The van der Waals surface area contributed by atoms with E-state index in [0.29, 0.717) is 29.3 Å². The number of rotatable bonds is 2. The Labute approximate surface area is 138 Å². The predicted octanol–water partition coefficient (Wildman–Crippen LogP) is 1.28. The van der Waals surface area contributed by atoms with Gasteiger partial charge in [-0.05, 0) is 24.8 Å². The summed E-state index contributed by atoms with van der Waals surface area (Å²) in [6.07, 6.45) is 0.882. The lowest BCUT2D eigenvalue weighted by atomic mass is 9.93. The summed E-state index contributed by atoms with van der Waals surface area (Å²) in [5.41, 5.74) is 0.848. The second kappa shape index (κ2) is 5.76. The molecule has 1 aliphatic rings. The van der Waals surface area contributed by atoms with Gasteiger partial charge in [0.25, 0.3) is 11.4 Å². The van der Waals surface area contributed by atoms with Crippen molar-refractivity contribution in [3.63, 3.8) is 0 Å². The van der Waals surface area contributed by atoms with E-state index in [1.807, 2.05) is 0 Å². The van der Waals surface area contributed by atoms with Gasteiger partial charge in [-0.2, -0.15) is 0 Å². The van der Waals surface area contributed by atoms with E-state index >= 15 is 0 Å². The maximum Gasteiger partial charge on any atom is 0.258 e. The Morgan fingerprint density at radius 3 is 2.57 bits per heavy atom. The van der Waals surface area contributed by atoms with Gasteiger partial charge in [-0.25, -0.2) is 8.42 Å². The van der Waals surface area contributed by atoms with Crippen LogP contribution in [0.1, 0.15) is 24.3 Å². The lowest BCUT2D eigenvalue weighted by Gasteiger charge is -2.22. The van der Waals surface area contributed by atoms with Crippen molar-refractivity contribution in [3.8, 4) is 5.88 Å². The third kappa shape index (κ3) is 2.81. The van der Waals surface area contributed by atoms with E-state index in [0.717, 1.165) is 0 Å². The summed E-state index contributed by atoms with van der Waals surface area (Å²) in [4.78, 5) is 12.7. The summed E-state index contributed by atoms with van der Waals surface area (Å²) in [7, 11) is 0.0803. The highest BCUT2D eigenvalue weighted by Gasteiger charge is 2.28. The molecule has 0 saturated carbocycles. The molecule has 9 heteroatoms. The summed E-state index contributed by atoms with van der Waals surface area (Å²) >= 11 is 6.13. The van der Waals surface area contributed by atoms with Crippen LogP contribution in [0.3, 0.4) is 0 Å². The van der Waals surface area contributed by atoms with Gasteiger partial charge in [-0.15, -0.1) is 10.2 Å². The number of hydrogen-bond donors (Lipinski definition) is 0. The number of methoxy groups -OCH3 is 1. The van der Waals surface area contributed by atoms with Crippen LogP contribution in [-0.2, 0) is 16.9 Å². The van der Waals surface area contributed by atoms with Crippen LogP contribution in [-0.4, -0.2) is 41.8 Å². The molecule has 1 fully saturated rings. The van der Waals surface area contributed by atoms with Gasteiger partial charge in [-0.1, -0.05) is 11.6 Å². The summed E-state index contributed by atoms with van der Waals surface area (Å²) in [6, 6.07) is 1.69. The first-order valence-corrected chi connectivity index (χ1v) is 9.34. The molecule has 1 saturated heterocycles. The van der Waals surface area contributed by atoms with E-state index in [1.54, 1.807) is 13.1 Å². The van der Waals surface area contributed by atoms with E-state index in [4.69, 9.17) is 16.3 Å². The zero-order chi connectivity index (χ0) is 16.8. The summed E-state index contributed by atoms with van der Waals surface area (Å²) in [5.74, 6) is 0.327. The van der Waals surface area contributed by atoms with Crippen molar-refractivity contribution < 1.29 is 13.2 Å².